The maximum absolute atomic E-state index is 10.2. The van der Waals surface area contributed by atoms with E-state index in [1.165, 1.54) is 24.0 Å². The van der Waals surface area contributed by atoms with Crippen LogP contribution in [-0.2, 0) is 0 Å². The molecule has 0 amide bonds. The van der Waals surface area contributed by atoms with Gasteiger partial charge >= 0.3 is 0 Å². The normalized spacial score (nSPS) is 12.4. The van der Waals surface area contributed by atoms with E-state index in [1.54, 1.807) is 0 Å². The SMILES string of the molecule is C=CCCCCCC(O)c1cc(C)ccc1C. The molecule has 0 saturated carbocycles. The van der Waals surface area contributed by atoms with Crippen molar-refractivity contribution in [1.82, 2.24) is 0 Å². The van der Waals surface area contributed by atoms with Crippen LogP contribution in [0, 0.1) is 13.8 Å². The van der Waals surface area contributed by atoms with Gasteiger partial charge in [0.25, 0.3) is 0 Å². The first-order chi connectivity index (χ1) is 8.15. The molecule has 1 atom stereocenters. The lowest BCUT2D eigenvalue weighted by Crippen LogP contribution is -2.00. The Kier molecular flexibility index (Phi) is 5.99. The minimum absolute atomic E-state index is 0.307. The predicted molar refractivity (Wildman–Crippen MR) is 74.2 cm³/mol. The Bertz CT molecular complexity index is 355. The van der Waals surface area contributed by atoms with Crippen LogP contribution in [-0.4, -0.2) is 5.11 Å². The summed E-state index contributed by atoms with van der Waals surface area (Å²) in [5, 5.41) is 10.2. The lowest BCUT2D eigenvalue weighted by atomic mass is 9.97. The highest BCUT2D eigenvalue weighted by Crippen LogP contribution is 2.24. The molecule has 0 saturated heterocycles. The summed E-state index contributed by atoms with van der Waals surface area (Å²) in [4.78, 5) is 0. The van der Waals surface area contributed by atoms with E-state index in [4.69, 9.17) is 0 Å². The Hall–Kier alpha value is -1.08. The minimum Gasteiger partial charge on any atom is -0.388 e. The van der Waals surface area contributed by atoms with Gasteiger partial charge in [0.1, 0.15) is 0 Å². The fourth-order valence-electron chi connectivity index (χ4n) is 2.08. The van der Waals surface area contributed by atoms with Gasteiger partial charge in [-0.3, -0.25) is 0 Å². The molecule has 1 aromatic rings. The molecular weight excluding hydrogens is 208 g/mol. The molecule has 94 valence electrons. The van der Waals surface area contributed by atoms with E-state index >= 15 is 0 Å². The van der Waals surface area contributed by atoms with Crippen molar-refractivity contribution >= 4 is 0 Å². The number of rotatable bonds is 7. The van der Waals surface area contributed by atoms with Gasteiger partial charge in [0.2, 0.25) is 0 Å². The maximum Gasteiger partial charge on any atom is 0.0792 e. The largest absolute Gasteiger partial charge is 0.388 e. The van der Waals surface area contributed by atoms with E-state index in [0.717, 1.165) is 24.8 Å². The summed E-state index contributed by atoms with van der Waals surface area (Å²) < 4.78 is 0. The second kappa shape index (κ2) is 7.29. The van der Waals surface area contributed by atoms with Gasteiger partial charge in [-0.1, -0.05) is 42.7 Å². The molecule has 1 aromatic carbocycles. The summed E-state index contributed by atoms with van der Waals surface area (Å²) >= 11 is 0. The van der Waals surface area contributed by atoms with E-state index in [0.29, 0.717) is 0 Å². The zero-order valence-corrected chi connectivity index (χ0v) is 11.1. The van der Waals surface area contributed by atoms with E-state index in [1.807, 2.05) is 6.08 Å². The van der Waals surface area contributed by atoms with Crippen LogP contribution in [0.3, 0.4) is 0 Å². The first-order valence-corrected chi connectivity index (χ1v) is 6.51. The fourth-order valence-corrected chi connectivity index (χ4v) is 2.08. The Labute approximate surface area is 105 Å². The smallest absolute Gasteiger partial charge is 0.0792 e. The average molecular weight is 232 g/mol. The van der Waals surface area contributed by atoms with Crippen molar-refractivity contribution in [2.24, 2.45) is 0 Å². The molecule has 0 bridgehead atoms. The number of aliphatic hydroxyl groups is 1. The molecule has 17 heavy (non-hydrogen) atoms. The van der Waals surface area contributed by atoms with Crippen molar-refractivity contribution in [2.75, 3.05) is 0 Å². The van der Waals surface area contributed by atoms with Crippen LogP contribution < -0.4 is 0 Å². The van der Waals surface area contributed by atoms with E-state index < -0.39 is 0 Å². The molecule has 0 fully saturated rings. The van der Waals surface area contributed by atoms with Crippen molar-refractivity contribution < 1.29 is 5.11 Å². The minimum atomic E-state index is -0.307. The predicted octanol–water partition coefficient (Wildman–Crippen LogP) is 4.47. The van der Waals surface area contributed by atoms with Crippen molar-refractivity contribution in [2.45, 2.75) is 52.1 Å². The molecule has 0 aromatic heterocycles. The van der Waals surface area contributed by atoms with Gasteiger partial charge in [0.15, 0.2) is 0 Å². The topological polar surface area (TPSA) is 20.2 Å². The van der Waals surface area contributed by atoms with E-state index in [2.05, 4.69) is 38.6 Å². The lowest BCUT2D eigenvalue weighted by molar-refractivity contribution is 0.162. The second-order valence-electron chi connectivity index (χ2n) is 4.80. The van der Waals surface area contributed by atoms with Gasteiger partial charge in [-0.15, -0.1) is 6.58 Å². The number of benzene rings is 1. The van der Waals surface area contributed by atoms with Gasteiger partial charge in [0, 0.05) is 0 Å². The van der Waals surface area contributed by atoms with Crippen LogP contribution in [0.2, 0.25) is 0 Å². The number of hydrogen-bond donors (Lipinski definition) is 1. The van der Waals surface area contributed by atoms with Crippen LogP contribution in [0.1, 0.15) is 54.9 Å². The van der Waals surface area contributed by atoms with Crippen LogP contribution in [0.4, 0.5) is 0 Å². The first kappa shape index (κ1) is 14.0. The molecule has 0 heterocycles. The van der Waals surface area contributed by atoms with Crippen LogP contribution in [0.15, 0.2) is 30.9 Å². The first-order valence-electron chi connectivity index (χ1n) is 6.51. The second-order valence-corrected chi connectivity index (χ2v) is 4.80. The number of aliphatic hydroxyl groups excluding tert-OH is 1. The monoisotopic (exact) mass is 232 g/mol. The van der Waals surface area contributed by atoms with E-state index in [-0.39, 0.29) is 6.10 Å². The molecule has 0 radical (unpaired) electrons. The number of allylic oxidation sites excluding steroid dienone is 1. The molecule has 1 unspecified atom stereocenters. The highest BCUT2D eigenvalue weighted by Gasteiger charge is 2.09. The third-order valence-corrected chi connectivity index (χ3v) is 3.18. The number of hydrogen-bond acceptors (Lipinski definition) is 1. The van der Waals surface area contributed by atoms with Crippen LogP contribution in [0.25, 0.3) is 0 Å². The standard InChI is InChI=1S/C16H24O/c1-4-5-6-7-8-9-16(17)15-12-13(2)10-11-14(15)3/h4,10-12,16-17H,1,5-9H2,2-3H3. The highest BCUT2D eigenvalue weighted by molar-refractivity contribution is 5.32. The Balaban J connectivity index is 2.43. The van der Waals surface area contributed by atoms with Crippen molar-refractivity contribution in [3.05, 3.63) is 47.5 Å². The van der Waals surface area contributed by atoms with Crippen LogP contribution >= 0.6 is 0 Å². The summed E-state index contributed by atoms with van der Waals surface area (Å²) in [5.74, 6) is 0. The van der Waals surface area contributed by atoms with Crippen LogP contribution in [0.5, 0.6) is 0 Å². The molecule has 1 nitrogen and oxygen atoms in total. The zero-order valence-electron chi connectivity index (χ0n) is 11.1. The van der Waals surface area contributed by atoms with Gasteiger partial charge in [0.05, 0.1) is 6.10 Å². The van der Waals surface area contributed by atoms with Crippen molar-refractivity contribution in [1.29, 1.82) is 0 Å². The van der Waals surface area contributed by atoms with Crippen molar-refractivity contribution in [3.8, 4) is 0 Å². The molecule has 0 aliphatic rings. The number of aryl methyl sites for hydroxylation is 2. The molecule has 1 rings (SSSR count). The molecule has 0 aliphatic carbocycles. The van der Waals surface area contributed by atoms with Gasteiger partial charge in [-0.2, -0.15) is 0 Å². The molecule has 0 aliphatic heterocycles. The summed E-state index contributed by atoms with van der Waals surface area (Å²) in [6.45, 7) is 7.85. The maximum atomic E-state index is 10.2. The van der Waals surface area contributed by atoms with E-state index in [9.17, 15) is 5.11 Å². The third-order valence-electron chi connectivity index (χ3n) is 3.18. The summed E-state index contributed by atoms with van der Waals surface area (Å²) in [5.41, 5.74) is 3.50. The Morgan fingerprint density at radius 1 is 1.24 bits per heavy atom. The molecule has 1 heteroatoms. The van der Waals surface area contributed by atoms with Gasteiger partial charge in [-0.25, -0.2) is 0 Å². The van der Waals surface area contributed by atoms with Crippen molar-refractivity contribution in [3.63, 3.8) is 0 Å². The highest BCUT2D eigenvalue weighted by atomic mass is 16.3. The average Bonchev–Trinajstić information content (AvgIpc) is 2.32. The Morgan fingerprint density at radius 3 is 2.71 bits per heavy atom. The summed E-state index contributed by atoms with van der Waals surface area (Å²) in [6, 6.07) is 6.28. The zero-order chi connectivity index (χ0) is 12.7. The third kappa shape index (κ3) is 4.74. The number of unbranched alkanes of at least 4 members (excludes halogenated alkanes) is 3. The fraction of sp³-hybridized carbons (Fsp3) is 0.500. The molecule has 0 spiro atoms. The quantitative estimate of drug-likeness (QED) is 0.543. The summed E-state index contributed by atoms with van der Waals surface area (Å²) in [7, 11) is 0. The van der Waals surface area contributed by atoms with Gasteiger partial charge in [-0.05, 0) is 44.2 Å². The van der Waals surface area contributed by atoms with Gasteiger partial charge < -0.3 is 5.11 Å². The Morgan fingerprint density at radius 2 is 2.00 bits per heavy atom. The summed E-state index contributed by atoms with van der Waals surface area (Å²) in [6.07, 6.45) is 7.04. The molecular formula is C16H24O. The molecule has 1 N–H and O–H groups in total. The lowest BCUT2D eigenvalue weighted by Gasteiger charge is -2.14.